The van der Waals surface area contributed by atoms with Crippen LogP contribution in [0.15, 0.2) is 18.2 Å². The number of fused-ring (bicyclic) bond motifs is 1. The minimum atomic E-state index is -1.03. The van der Waals surface area contributed by atoms with Crippen LogP contribution >= 0.6 is 0 Å². The summed E-state index contributed by atoms with van der Waals surface area (Å²) >= 11 is 0. The molecule has 2 atom stereocenters. The van der Waals surface area contributed by atoms with E-state index in [1.54, 1.807) is 12.1 Å². The molecule has 1 aliphatic heterocycles. The minimum absolute atomic E-state index is 0.235. The molecule has 0 amide bonds. The summed E-state index contributed by atoms with van der Waals surface area (Å²) in [5.74, 6) is -1.03. The van der Waals surface area contributed by atoms with Crippen LogP contribution in [0.3, 0.4) is 0 Å². The molecule has 4 N–H and O–H groups in total. The van der Waals surface area contributed by atoms with Crippen molar-refractivity contribution in [3.05, 3.63) is 29.3 Å². The topological polar surface area (TPSA) is 92.8 Å². The summed E-state index contributed by atoms with van der Waals surface area (Å²) in [6.07, 6.45) is -0.00366. The van der Waals surface area contributed by atoms with Crippen LogP contribution in [0.2, 0.25) is 0 Å². The standard InChI is InChI=1S/C11H14BNO4/c1-6-10-7(5-9(13)11(14)15)3-2-4-8(10)12(16)17-6/h2-4,6,9,16H,5,13H2,1H3,(H,14,15)/t6?,9-/m0/s1. The molecular formula is C11H14BNO4. The number of carboxylic acids is 1. The highest BCUT2D eigenvalue weighted by Gasteiger charge is 2.34. The molecule has 0 fully saturated rings. The van der Waals surface area contributed by atoms with Crippen LogP contribution in [0.4, 0.5) is 0 Å². The van der Waals surface area contributed by atoms with E-state index in [0.29, 0.717) is 5.46 Å². The Balaban J connectivity index is 2.34. The quantitative estimate of drug-likeness (QED) is 0.609. The number of carbonyl (C=O) groups is 1. The van der Waals surface area contributed by atoms with Gasteiger partial charge in [-0.05, 0) is 29.9 Å². The van der Waals surface area contributed by atoms with Gasteiger partial charge in [-0.15, -0.1) is 0 Å². The summed E-state index contributed by atoms with van der Waals surface area (Å²) in [5, 5.41) is 18.5. The molecule has 17 heavy (non-hydrogen) atoms. The van der Waals surface area contributed by atoms with Gasteiger partial charge >= 0.3 is 13.1 Å². The molecule has 6 heteroatoms. The molecule has 0 saturated carbocycles. The van der Waals surface area contributed by atoms with Gasteiger partial charge in [0.25, 0.3) is 0 Å². The van der Waals surface area contributed by atoms with Crippen molar-refractivity contribution in [2.75, 3.05) is 0 Å². The maximum atomic E-state index is 10.7. The van der Waals surface area contributed by atoms with E-state index >= 15 is 0 Å². The molecule has 1 heterocycles. The zero-order valence-electron chi connectivity index (χ0n) is 9.46. The first kappa shape index (κ1) is 12.1. The minimum Gasteiger partial charge on any atom is -0.480 e. The fraction of sp³-hybridized carbons (Fsp3) is 0.364. The number of nitrogens with two attached hydrogens (primary N) is 1. The Bertz CT molecular complexity index is 451. The third-order valence-electron chi connectivity index (χ3n) is 2.99. The zero-order valence-corrected chi connectivity index (χ0v) is 9.46. The molecule has 1 aromatic carbocycles. The summed E-state index contributed by atoms with van der Waals surface area (Å²) in [5.41, 5.74) is 7.90. The first-order valence-electron chi connectivity index (χ1n) is 5.44. The third-order valence-corrected chi connectivity index (χ3v) is 2.99. The number of hydrogen-bond acceptors (Lipinski definition) is 4. The molecule has 0 spiro atoms. The molecule has 1 aliphatic rings. The number of aliphatic carboxylic acids is 1. The Morgan fingerprint density at radius 3 is 3.00 bits per heavy atom. The molecule has 0 radical (unpaired) electrons. The van der Waals surface area contributed by atoms with Crippen molar-refractivity contribution in [1.29, 1.82) is 0 Å². The van der Waals surface area contributed by atoms with E-state index in [2.05, 4.69) is 0 Å². The Kier molecular flexibility index (Phi) is 3.19. The van der Waals surface area contributed by atoms with Crippen LogP contribution in [-0.2, 0) is 15.9 Å². The van der Waals surface area contributed by atoms with Gasteiger partial charge in [0.2, 0.25) is 0 Å². The first-order valence-corrected chi connectivity index (χ1v) is 5.44. The predicted molar refractivity (Wildman–Crippen MR) is 62.9 cm³/mol. The van der Waals surface area contributed by atoms with Gasteiger partial charge in [-0.1, -0.05) is 18.2 Å². The van der Waals surface area contributed by atoms with Crippen LogP contribution in [0.25, 0.3) is 0 Å². The van der Waals surface area contributed by atoms with Crippen LogP contribution in [0.5, 0.6) is 0 Å². The molecule has 5 nitrogen and oxygen atoms in total. The highest BCUT2D eigenvalue weighted by atomic mass is 16.5. The second-order valence-electron chi connectivity index (χ2n) is 4.20. The Labute approximate surface area is 99.3 Å². The van der Waals surface area contributed by atoms with Crippen molar-refractivity contribution < 1.29 is 19.6 Å². The molecule has 1 unspecified atom stereocenters. The summed E-state index contributed by atoms with van der Waals surface area (Å²) in [6, 6.07) is 4.43. The van der Waals surface area contributed by atoms with Crippen molar-refractivity contribution in [2.45, 2.75) is 25.5 Å². The van der Waals surface area contributed by atoms with Gasteiger partial charge in [-0.2, -0.15) is 0 Å². The van der Waals surface area contributed by atoms with Crippen molar-refractivity contribution in [3.8, 4) is 0 Å². The van der Waals surface area contributed by atoms with E-state index in [4.69, 9.17) is 15.5 Å². The normalized spacial score (nSPS) is 20.2. The Morgan fingerprint density at radius 1 is 1.65 bits per heavy atom. The van der Waals surface area contributed by atoms with E-state index < -0.39 is 19.1 Å². The molecule has 0 saturated heterocycles. The molecule has 0 aliphatic carbocycles. The van der Waals surface area contributed by atoms with Crippen LogP contribution in [0, 0.1) is 0 Å². The molecular weight excluding hydrogens is 221 g/mol. The number of hydrogen-bond donors (Lipinski definition) is 3. The van der Waals surface area contributed by atoms with Gasteiger partial charge in [0.05, 0.1) is 6.10 Å². The highest BCUT2D eigenvalue weighted by Crippen LogP contribution is 2.26. The van der Waals surface area contributed by atoms with Gasteiger partial charge in [-0.3, -0.25) is 4.79 Å². The van der Waals surface area contributed by atoms with Gasteiger partial charge in [0, 0.05) is 0 Å². The van der Waals surface area contributed by atoms with Gasteiger partial charge in [-0.25, -0.2) is 0 Å². The smallest absolute Gasteiger partial charge is 0.480 e. The van der Waals surface area contributed by atoms with E-state index in [1.165, 1.54) is 0 Å². The van der Waals surface area contributed by atoms with E-state index in [9.17, 15) is 9.82 Å². The number of rotatable bonds is 3. The summed E-state index contributed by atoms with van der Waals surface area (Å²) in [6.45, 7) is 1.82. The van der Waals surface area contributed by atoms with Crippen LogP contribution in [0.1, 0.15) is 24.2 Å². The predicted octanol–water partition coefficient (Wildman–Crippen LogP) is -0.580. The summed E-state index contributed by atoms with van der Waals surface area (Å²) in [4.78, 5) is 10.7. The first-order chi connectivity index (χ1) is 8.00. The summed E-state index contributed by atoms with van der Waals surface area (Å²) in [7, 11) is -0.930. The monoisotopic (exact) mass is 235 g/mol. The zero-order chi connectivity index (χ0) is 12.6. The molecule has 1 aromatic rings. The van der Waals surface area contributed by atoms with Crippen LogP contribution in [-0.4, -0.2) is 29.3 Å². The van der Waals surface area contributed by atoms with Gasteiger partial charge in [0.15, 0.2) is 0 Å². The van der Waals surface area contributed by atoms with Crippen molar-refractivity contribution in [2.24, 2.45) is 5.73 Å². The average Bonchev–Trinajstić information content (AvgIpc) is 2.55. The SMILES string of the molecule is CC1OB(O)c2cccc(C[C@H](N)C(=O)O)c21. The fourth-order valence-electron chi connectivity index (χ4n) is 2.18. The van der Waals surface area contributed by atoms with Crippen molar-refractivity contribution in [1.82, 2.24) is 0 Å². The lowest BCUT2D eigenvalue weighted by Gasteiger charge is -2.13. The number of carboxylic acid groups (broad SMARTS) is 1. The lowest BCUT2D eigenvalue weighted by atomic mass is 9.77. The maximum Gasteiger partial charge on any atom is 0.491 e. The van der Waals surface area contributed by atoms with E-state index in [1.807, 2.05) is 13.0 Å². The second kappa shape index (κ2) is 4.48. The van der Waals surface area contributed by atoms with Crippen molar-refractivity contribution >= 4 is 18.6 Å². The molecule has 90 valence electrons. The van der Waals surface area contributed by atoms with E-state index in [0.717, 1.165) is 11.1 Å². The Hall–Kier alpha value is -1.37. The molecule has 0 bridgehead atoms. The third kappa shape index (κ3) is 2.19. The maximum absolute atomic E-state index is 10.7. The van der Waals surface area contributed by atoms with Gasteiger partial charge < -0.3 is 20.5 Å². The molecule has 2 rings (SSSR count). The van der Waals surface area contributed by atoms with Crippen LogP contribution < -0.4 is 11.2 Å². The second-order valence-corrected chi connectivity index (χ2v) is 4.20. The van der Waals surface area contributed by atoms with Gasteiger partial charge in [0.1, 0.15) is 6.04 Å². The lowest BCUT2D eigenvalue weighted by molar-refractivity contribution is -0.138. The lowest BCUT2D eigenvalue weighted by Crippen LogP contribution is -2.33. The number of benzene rings is 1. The largest absolute Gasteiger partial charge is 0.491 e. The average molecular weight is 235 g/mol. The molecule has 0 aromatic heterocycles. The highest BCUT2D eigenvalue weighted by molar-refractivity contribution is 6.61. The van der Waals surface area contributed by atoms with Crippen molar-refractivity contribution in [3.63, 3.8) is 0 Å². The summed E-state index contributed by atoms with van der Waals surface area (Å²) < 4.78 is 5.28. The Morgan fingerprint density at radius 2 is 2.35 bits per heavy atom. The fourth-order valence-corrected chi connectivity index (χ4v) is 2.18. The van der Waals surface area contributed by atoms with E-state index in [-0.39, 0.29) is 12.5 Å².